The van der Waals surface area contributed by atoms with E-state index in [9.17, 15) is 0 Å². The summed E-state index contributed by atoms with van der Waals surface area (Å²) < 4.78 is 0. The molecule has 0 unspecified atom stereocenters. The van der Waals surface area contributed by atoms with Crippen molar-refractivity contribution in [2.45, 2.75) is 25.7 Å². The zero-order valence-electron chi connectivity index (χ0n) is 9.28. The number of rotatable bonds is 4. The minimum atomic E-state index is 0.351. The first-order chi connectivity index (χ1) is 7.75. The third-order valence-electron chi connectivity index (χ3n) is 3.08. The van der Waals surface area contributed by atoms with Gasteiger partial charge < -0.3 is 11.1 Å². The van der Waals surface area contributed by atoms with Gasteiger partial charge in [-0.25, -0.2) is 0 Å². The number of thiocarbonyl (C=S) groups is 1. The molecule has 0 aromatic carbocycles. The van der Waals surface area contributed by atoms with Crippen LogP contribution in [0.5, 0.6) is 0 Å². The first kappa shape index (κ1) is 11.3. The summed E-state index contributed by atoms with van der Waals surface area (Å²) in [6.07, 6.45) is 7.19. The van der Waals surface area contributed by atoms with Crippen molar-refractivity contribution in [2.24, 2.45) is 11.7 Å². The van der Waals surface area contributed by atoms with Gasteiger partial charge in [-0.1, -0.05) is 25.1 Å². The van der Waals surface area contributed by atoms with Gasteiger partial charge in [-0.3, -0.25) is 4.98 Å². The van der Waals surface area contributed by atoms with E-state index in [0.29, 0.717) is 10.7 Å². The van der Waals surface area contributed by atoms with Gasteiger partial charge in [0.2, 0.25) is 0 Å². The molecule has 0 radical (unpaired) electrons. The molecular weight excluding hydrogens is 218 g/mol. The lowest BCUT2D eigenvalue weighted by atomic mass is 10.1. The van der Waals surface area contributed by atoms with E-state index in [-0.39, 0.29) is 0 Å². The largest absolute Gasteiger partial charge is 0.388 e. The van der Waals surface area contributed by atoms with Crippen molar-refractivity contribution in [3.8, 4) is 0 Å². The minimum absolute atomic E-state index is 0.351. The molecule has 1 aliphatic rings. The van der Waals surface area contributed by atoms with Crippen LogP contribution >= 0.6 is 12.2 Å². The summed E-state index contributed by atoms with van der Waals surface area (Å²) in [6, 6.07) is 3.87. The summed E-state index contributed by atoms with van der Waals surface area (Å²) in [5.41, 5.74) is 7.29. The molecule has 1 heterocycles. The Labute approximate surface area is 101 Å². The van der Waals surface area contributed by atoms with Gasteiger partial charge in [-0.2, -0.15) is 0 Å². The summed E-state index contributed by atoms with van der Waals surface area (Å²) in [7, 11) is 0. The second-order valence-corrected chi connectivity index (χ2v) is 4.77. The number of aromatic nitrogens is 1. The lowest BCUT2D eigenvalue weighted by Gasteiger charge is -2.12. The highest BCUT2D eigenvalue weighted by molar-refractivity contribution is 7.80. The number of anilines is 1. The van der Waals surface area contributed by atoms with Gasteiger partial charge in [-0.05, 0) is 30.9 Å². The van der Waals surface area contributed by atoms with Gasteiger partial charge in [0, 0.05) is 18.4 Å². The SMILES string of the molecule is NC(=S)c1cc(NCC2CCCC2)ccn1. The molecule has 1 aromatic heterocycles. The maximum atomic E-state index is 5.54. The molecular formula is C12H17N3S. The third kappa shape index (κ3) is 2.92. The topological polar surface area (TPSA) is 50.9 Å². The first-order valence-corrected chi connectivity index (χ1v) is 6.16. The average Bonchev–Trinajstić information content (AvgIpc) is 2.79. The van der Waals surface area contributed by atoms with Crippen LogP contribution in [0.25, 0.3) is 0 Å². The minimum Gasteiger partial charge on any atom is -0.388 e. The molecule has 0 atom stereocenters. The van der Waals surface area contributed by atoms with Crippen LogP contribution in [0.4, 0.5) is 5.69 Å². The fraction of sp³-hybridized carbons (Fsp3) is 0.500. The smallest absolute Gasteiger partial charge is 0.122 e. The predicted octanol–water partition coefficient (Wildman–Crippen LogP) is 2.32. The van der Waals surface area contributed by atoms with E-state index in [0.717, 1.165) is 18.2 Å². The quantitative estimate of drug-likeness (QED) is 0.786. The van der Waals surface area contributed by atoms with Crippen LogP contribution in [-0.2, 0) is 0 Å². The molecule has 1 saturated carbocycles. The van der Waals surface area contributed by atoms with Gasteiger partial charge in [-0.15, -0.1) is 0 Å². The molecule has 0 aliphatic heterocycles. The Morgan fingerprint density at radius 3 is 2.94 bits per heavy atom. The monoisotopic (exact) mass is 235 g/mol. The fourth-order valence-corrected chi connectivity index (χ4v) is 2.26. The summed E-state index contributed by atoms with van der Waals surface area (Å²) in [5.74, 6) is 0.821. The molecule has 16 heavy (non-hydrogen) atoms. The highest BCUT2D eigenvalue weighted by atomic mass is 32.1. The van der Waals surface area contributed by atoms with E-state index in [1.807, 2.05) is 12.1 Å². The Morgan fingerprint density at radius 2 is 2.25 bits per heavy atom. The van der Waals surface area contributed by atoms with Gasteiger partial charge in [0.25, 0.3) is 0 Å². The van der Waals surface area contributed by atoms with Crippen LogP contribution < -0.4 is 11.1 Å². The van der Waals surface area contributed by atoms with Crippen molar-refractivity contribution in [3.05, 3.63) is 24.0 Å². The van der Waals surface area contributed by atoms with Crippen LogP contribution in [0.15, 0.2) is 18.3 Å². The molecule has 1 aliphatic carbocycles. The van der Waals surface area contributed by atoms with Gasteiger partial charge in [0.1, 0.15) is 4.99 Å². The lowest BCUT2D eigenvalue weighted by Crippen LogP contribution is -2.14. The maximum absolute atomic E-state index is 5.54. The molecule has 1 aromatic rings. The molecule has 4 heteroatoms. The van der Waals surface area contributed by atoms with Gasteiger partial charge in [0.15, 0.2) is 0 Å². The van der Waals surface area contributed by atoms with Crippen LogP contribution in [0.2, 0.25) is 0 Å². The van der Waals surface area contributed by atoms with Crippen molar-refractivity contribution in [1.82, 2.24) is 4.98 Å². The molecule has 0 amide bonds. The lowest BCUT2D eigenvalue weighted by molar-refractivity contribution is 0.580. The van der Waals surface area contributed by atoms with Crippen LogP contribution in [-0.4, -0.2) is 16.5 Å². The van der Waals surface area contributed by atoms with E-state index >= 15 is 0 Å². The summed E-state index contributed by atoms with van der Waals surface area (Å²) in [5, 5.41) is 3.43. The van der Waals surface area contributed by atoms with E-state index in [4.69, 9.17) is 18.0 Å². The number of hydrogen-bond acceptors (Lipinski definition) is 3. The van der Waals surface area contributed by atoms with Crippen molar-refractivity contribution < 1.29 is 0 Å². The fourth-order valence-electron chi connectivity index (χ4n) is 2.15. The molecule has 3 nitrogen and oxygen atoms in total. The highest BCUT2D eigenvalue weighted by Crippen LogP contribution is 2.24. The van der Waals surface area contributed by atoms with E-state index in [1.54, 1.807) is 6.20 Å². The number of nitrogens with one attached hydrogen (secondary N) is 1. The Kier molecular flexibility index (Phi) is 3.72. The van der Waals surface area contributed by atoms with Crippen molar-refractivity contribution in [3.63, 3.8) is 0 Å². The predicted molar refractivity (Wildman–Crippen MR) is 70.6 cm³/mol. The maximum Gasteiger partial charge on any atom is 0.122 e. The average molecular weight is 235 g/mol. The van der Waals surface area contributed by atoms with E-state index in [2.05, 4.69) is 10.3 Å². The summed E-state index contributed by atoms with van der Waals surface area (Å²) in [6.45, 7) is 1.04. The summed E-state index contributed by atoms with van der Waals surface area (Å²) >= 11 is 4.90. The van der Waals surface area contributed by atoms with Crippen LogP contribution in [0, 0.1) is 5.92 Å². The Hall–Kier alpha value is -1.16. The third-order valence-corrected chi connectivity index (χ3v) is 3.29. The van der Waals surface area contributed by atoms with Gasteiger partial charge in [0.05, 0.1) is 5.69 Å². The van der Waals surface area contributed by atoms with Crippen molar-refractivity contribution >= 4 is 22.9 Å². The van der Waals surface area contributed by atoms with Crippen molar-refractivity contribution in [1.29, 1.82) is 0 Å². The second kappa shape index (κ2) is 5.25. The van der Waals surface area contributed by atoms with E-state index < -0.39 is 0 Å². The van der Waals surface area contributed by atoms with Crippen LogP contribution in [0.1, 0.15) is 31.4 Å². The first-order valence-electron chi connectivity index (χ1n) is 5.75. The van der Waals surface area contributed by atoms with Crippen LogP contribution in [0.3, 0.4) is 0 Å². The molecule has 3 N–H and O–H groups in total. The van der Waals surface area contributed by atoms with E-state index in [1.165, 1.54) is 25.7 Å². The Morgan fingerprint density at radius 1 is 1.50 bits per heavy atom. The zero-order valence-corrected chi connectivity index (χ0v) is 10.1. The molecule has 1 fully saturated rings. The zero-order chi connectivity index (χ0) is 11.4. The Balaban J connectivity index is 1.93. The highest BCUT2D eigenvalue weighted by Gasteiger charge is 2.14. The number of nitrogens with zero attached hydrogens (tertiary/aromatic N) is 1. The molecule has 0 bridgehead atoms. The number of nitrogens with two attached hydrogens (primary N) is 1. The molecule has 0 spiro atoms. The van der Waals surface area contributed by atoms with Gasteiger partial charge >= 0.3 is 0 Å². The summed E-state index contributed by atoms with van der Waals surface area (Å²) in [4.78, 5) is 4.46. The normalized spacial score (nSPS) is 16.2. The standard InChI is InChI=1S/C12H17N3S/c13-12(16)11-7-10(5-6-14-11)15-8-9-3-1-2-4-9/h5-7,9H,1-4,8H2,(H2,13,16)(H,14,15). The molecule has 2 rings (SSSR count). The number of hydrogen-bond donors (Lipinski definition) is 2. The number of pyridine rings is 1. The van der Waals surface area contributed by atoms with Crippen molar-refractivity contribution in [2.75, 3.05) is 11.9 Å². The second-order valence-electron chi connectivity index (χ2n) is 4.33. The molecule has 0 saturated heterocycles. The Bertz CT molecular complexity index is 372. The molecule has 86 valence electrons.